The second-order valence-corrected chi connectivity index (χ2v) is 12.5. The number of rotatable bonds is 13. The molecule has 0 bridgehead atoms. The molecule has 1 N–H and O–H groups in total. The minimum absolute atomic E-state index is 0.187. The molecule has 0 saturated heterocycles. The van der Waals surface area contributed by atoms with Crippen molar-refractivity contribution in [2.24, 2.45) is 27.3 Å². The maximum Gasteiger partial charge on any atom is 0.135 e. The van der Waals surface area contributed by atoms with Gasteiger partial charge in [0, 0.05) is 24.9 Å². The van der Waals surface area contributed by atoms with Crippen LogP contribution in [0.5, 0.6) is 0 Å². The van der Waals surface area contributed by atoms with Crippen molar-refractivity contribution in [3.8, 4) is 0 Å². The van der Waals surface area contributed by atoms with Crippen LogP contribution < -0.4 is 5.32 Å². The van der Waals surface area contributed by atoms with Crippen LogP contribution in [0.15, 0.2) is 16.6 Å². The van der Waals surface area contributed by atoms with Gasteiger partial charge in [0.2, 0.25) is 0 Å². The van der Waals surface area contributed by atoms with E-state index in [-0.39, 0.29) is 5.41 Å². The molecule has 182 valence electrons. The highest BCUT2D eigenvalue weighted by atomic mass is 16.5. The molecular formula is C27H50BN3O. The van der Waals surface area contributed by atoms with Gasteiger partial charge < -0.3 is 10.1 Å². The maximum atomic E-state index is 6.43. The molecule has 4 nitrogen and oxygen atoms in total. The van der Waals surface area contributed by atoms with Gasteiger partial charge in [-0.1, -0.05) is 47.6 Å². The van der Waals surface area contributed by atoms with Crippen molar-refractivity contribution < 1.29 is 4.74 Å². The Hall–Kier alpha value is -0.805. The topological polar surface area (TPSA) is 36.9 Å². The fourth-order valence-corrected chi connectivity index (χ4v) is 5.41. The Morgan fingerprint density at radius 1 is 1.31 bits per heavy atom. The highest BCUT2D eigenvalue weighted by Gasteiger charge is 2.60. The number of allylic oxidation sites excluding steroid dienone is 2. The predicted octanol–water partition coefficient (Wildman–Crippen LogP) is 6.12. The summed E-state index contributed by atoms with van der Waals surface area (Å²) in [6.45, 7) is 20.6. The van der Waals surface area contributed by atoms with Crippen molar-refractivity contribution in [2.45, 2.75) is 112 Å². The lowest BCUT2D eigenvalue weighted by molar-refractivity contribution is 0.0101. The van der Waals surface area contributed by atoms with E-state index in [1.165, 1.54) is 25.7 Å². The van der Waals surface area contributed by atoms with Gasteiger partial charge >= 0.3 is 0 Å². The molecule has 2 aliphatic rings. The number of nitrogens with zero attached hydrogens (tertiary/aromatic N) is 2. The average Bonchev–Trinajstić information content (AvgIpc) is 3.39. The fourth-order valence-electron chi connectivity index (χ4n) is 5.41. The summed E-state index contributed by atoms with van der Waals surface area (Å²) in [6.07, 6.45) is 12.4. The van der Waals surface area contributed by atoms with Gasteiger partial charge in [-0.2, -0.15) is 5.10 Å². The van der Waals surface area contributed by atoms with Crippen LogP contribution in [0.3, 0.4) is 0 Å². The molecule has 2 aliphatic carbocycles. The smallest absolute Gasteiger partial charge is 0.135 e. The summed E-state index contributed by atoms with van der Waals surface area (Å²) in [7, 11) is 6.43. The van der Waals surface area contributed by atoms with Gasteiger partial charge in [0.25, 0.3) is 0 Å². The molecule has 0 aromatic rings. The van der Waals surface area contributed by atoms with E-state index in [9.17, 15) is 0 Å². The summed E-state index contributed by atoms with van der Waals surface area (Å²) in [5, 5.41) is 10.7. The van der Waals surface area contributed by atoms with Crippen LogP contribution in [0, 0.1) is 22.2 Å². The summed E-state index contributed by atoms with van der Waals surface area (Å²) < 4.78 is 5.93. The van der Waals surface area contributed by atoms with Gasteiger partial charge in [0.15, 0.2) is 0 Å². The standard InChI is InChI=1S/C27H50BN3O/c1-9-29-24-13-10-12-23(28)22-18-27(22,24)19-26(7,8)15-16-30-31(21(2)3)20-32-17-11-14-25(4,5)6/h12,16,21-22,24,29H,9-11,13-15,17-20H2,1-8H3/b30-16-/t22-,24+,27?/m1/s1. The van der Waals surface area contributed by atoms with E-state index in [4.69, 9.17) is 17.7 Å². The summed E-state index contributed by atoms with van der Waals surface area (Å²) >= 11 is 0. The predicted molar refractivity (Wildman–Crippen MR) is 139 cm³/mol. The first-order valence-corrected chi connectivity index (χ1v) is 13.0. The average molecular weight is 444 g/mol. The third kappa shape index (κ3) is 8.20. The van der Waals surface area contributed by atoms with Crippen LogP contribution in [0.4, 0.5) is 0 Å². The van der Waals surface area contributed by atoms with Crippen molar-refractivity contribution in [1.29, 1.82) is 0 Å². The van der Waals surface area contributed by atoms with Crippen LogP contribution in [-0.4, -0.2) is 51.0 Å². The van der Waals surface area contributed by atoms with Gasteiger partial charge in [0.05, 0.1) is 0 Å². The van der Waals surface area contributed by atoms with E-state index in [0.717, 1.165) is 37.9 Å². The zero-order chi connectivity index (χ0) is 24.0. The third-order valence-corrected chi connectivity index (χ3v) is 7.22. The zero-order valence-electron chi connectivity index (χ0n) is 22.3. The SMILES string of the molecule is [B]C1=CCC[C@H](NCC)C2(CC(C)(C)C/C=N\N(COCCCC(C)(C)C)C(C)C)C[C@H]12. The van der Waals surface area contributed by atoms with Gasteiger partial charge in [-0.3, -0.25) is 5.01 Å². The molecule has 2 rings (SSSR count). The molecule has 1 unspecified atom stereocenters. The number of hydrogen-bond acceptors (Lipinski definition) is 4. The Morgan fingerprint density at radius 3 is 2.66 bits per heavy atom. The van der Waals surface area contributed by atoms with Crippen molar-refractivity contribution >= 4 is 14.1 Å². The highest BCUT2D eigenvalue weighted by molar-refractivity contribution is 6.22. The molecule has 0 aromatic carbocycles. The van der Waals surface area contributed by atoms with Crippen LogP contribution in [0.2, 0.25) is 0 Å². The van der Waals surface area contributed by atoms with Crippen LogP contribution in [-0.2, 0) is 4.74 Å². The molecule has 32 heavy (non-hydrogen) atoms. The van der Waals surface area contributed by atoms with E-state index in [1.807, 2.05) is 0 Å². The summed E-state index contributed by atoms with van der Waals surface area (Å²) in [4.78, 5) is 0. The molecule has 5 heteroatoms. The number of nitrogens with one attached hydrogen (secondary N) is 1. The minimum atomic E-state index is 0.187. The fraction of sp³-hybridized carbons (Fsp3) is 0.889. The first kappa shape index (κ1) is 27.4. The molecule has 0 aromatic heterocycles. The molecule has 0 aliphatic heterocycles. The number of hydrogen-bond donors (Lipinski definition) is 1. The molecule has 0 heterocycles. The van der Waals surface area contributed by atoms with Crippen LogP contribution in [0.1, 0.15) is 100 Å². The quantitative estimate of drug-likeness (QED) is 0.122. The van der Waals surface area contributed by atoms with Crippen molar-refractivity contribution in [2.75, 3.05) is 19.9 Å². The largest absolute Gasteiger partial charge is 0.360 e. The van der Waals surface area contributed by atoms with E-state index in [1.54, 1.807) is 0 Å². The zero-order valence-corrected chi connectivity index (χ0v) is 22.3. The van der Waals surface area contributed by atoms with E-state index in [2.05, 4.69) is 78.0 Å². The third-order valence-electron chi connectivity index (χ3n) is 7.22. The molecule has 3 atom stereocenters. The van der Waals surface area contributed by atoms with Gasteiger partial charge in [-0.05, 0) is 87.5 Å². The Labute approximate surface area is 200 Å². The lowest BCUT2D eigenvalue weighted by atomic mass is 9.72. The molecule has 0 amide bonds. The molecule has 1 fully saturated rings. The Morgan fingerprint density at radius 2 is 2.03 bits per heavy atom. The second-order valence-electron chi connectivity index (χ2n) is 12.5. The van der Waals surface area contributed by atoms with E-state index < -0.39 is 0 Å². The Kier molecular flexibility index (Phi) is 9.91. The van der Waals surface area contributed by atoms with Crippen molar-refractivity contribution in [3.05, 3.63) is 11.5 Å². The molecule has 1 saturated carbocycles. The number of fused-ring (bicyclic) bond motifs is 1. The molecule has 0 spiro atoms. The lowest BCUT2D eigenvalue weighted by Gasteiger charge is -2.35. The van der Waals surface area contributed by atoms with Crippen LogP contribution >= 0.6 is 0 Å². The number of ether oxygens (including phenoxy) is 1. The van der Waals surface area contributed by atoms with Gasteiger partial charge in [-0.25, -0.2) is 0 Å². The summed E-state index contributed by atoms with van der Waals surface area (Å²) in [5.41, 5.74) is 2.00. The maximum absolute atomic E-state index is 6.43. The summed E-state index contributed by atoms with van der Waals surface area (Å²) in [6, 6.07) is 0.896. The first-order chi connectivity index (χ1) is 14.9. The van der Waals surface area contributed by atoms with Crippen molar-refractivity contribution in [3.63, 3.8) is 0 Å². The highest BCUT2D eigenvalue weighted by Crippen LogP contribution is 2.65. The van der Waals surface area contributed by atoms with Crippen molar-refractivity contribution in [1.82, 2.24) is 10.3 Å². The molecule has 2 radical (unpaired) electrons. The monoisotopic (exact) mass is 443 g/mol. The second kappa shape index (κ2) is 11.6. The Bertz CT molecular complexity index is 637. The van der Waals surface area contributed by atoms with E-state index in [0.29, 0.717) is 35.6 Å². The molecular weight excluding hydrogens is 393 g/mol. The first-order valence-electron chi connectivity index (χ1n) is 13.0. The minimum Gasteiger partial charge on any atom is -0.360 e. The summed E-state index contributed by atoms with van der Waals surface area (Å²) in [5.74, 6) is 0.555. The number of hydrazone groups is 1. The normalized spacial score (nSPS) is 26.2. The Balaban J connectivity index is 1.89. The van der Waals surface area contributed by atoms with Gasteiger partial charge in [0.1, 0.15) is 14.6 Å². The van der Waals surface area contributed by atoms with E-state index >= 15 is 0 Å². The lowest BCUT2D eigenvalue weighted by Crippen LogP contribution is -2.40. The van der Waals surface area contributed by atoms with Gasteiger partial charge in [-0.15, -0.1) is 5.47 Å². The van der Waals surface area contributed by atoms with Crippen LogP contribution in [0.25, 0.3) is 0 Å².